The third-order valence-electron chi connectivity index (χ3n) is 3.22. The topological polar surface area (TPSA) is 84.0 Å². The largest absolute Gasteiger partial charge is 0.317 e. The van der Waals surface area contributed by atoms with Crippen molar-refractivity contribution in [2.75, 3.05) is 19.6 Å². The predicted molar refractivity (Wildman–Crippen MR) is 79.5 cm³/mol. The van der Waals surface area contributed by atoms with Crippen molar-refractivity contribution in [1.29, 1.82) is 0 Å². The molecule has 1 fully saturated rings. The van der Waals surface area contributed by atoms with E-state index in [9.17, 15) is 8.42 Å². The van der Waals surface area contributed by atoms with Gasteiger partial charge in [0.2, 0.25) is 0 Å². The molecule has 2 rings (SSSR count). The molecule has 2 heterocycles. The Morgan fingerprint density at radius 1 is 1.25 bits per heavy atom. The molecule has 1 saturated heterocycles. The number of hydrogen-bond acceptors (Lipinski definition) is 5. The van der Waals surface area contributed by atoms with Gasteiger partial charge in [0.15, 0.2) is 0 Å². The highest BCUT2D eigenvalue weighted by molar-refractivity contribution is 7.89. The molecule has 8 heteroatoms. The van der Waals surface area contributed by atoms with E-state index in [1.54, 1.807) is 19.9 Å². The summed E-state index contributed by atoms with van der Waals surface area (Å²) in [5, 5.41) is 3.13. The van der Waals surface area contributed by atoms with Crippen LogP contribution in [0.15, 0.2) is 11.2 Å². The van der Waals surface area contributed by atoms with E-state index >= 15 is 0 Å². The van der Waals surface area contributed by atoms with Crippen molar-refractivity contribution < 1.29 is 8.42 Å². The zero-order valence-corrected chi connectivity index (χ0v) is 13.4. The van der Waals surface area contributed by atoms with Crippen molar-refractivity contribution in [3.8, 4) is 0 Å². The highest BCUT2D eigenvalue weighted by atomic mass is 35.5. The second kappa shape index (κ2) is 7.31. The molecule has 0 aromatic carbocycles. The van der Waals surface area contributed by atoms with E-state index in [1.807, 2.05) is 0 Å². The molecule has 0 aliphatic carbocycles. The van der Waals surface area contributed by atoms with Crippen LogP contribution in [-0.4, -0.2) is 38.0 Å². The van der Waals surface area contributed by atoms with Crippen LogP contribution < -0.4 is 10.0 Å². The SMILES string of the molecule is Cc1cc(C)nc(S(=O)(=O)NCC2CCNCC2)n1.Cl. The molecular weight excluding hydrogens is 300 g/mol. The average molecular weight is 321 g/mol. The average Bonchev–Trinajstić information content (AvgIpc) is 2.37. The summed E-state index contributed by atoms with van der Waals surface area (Å²) in [6, 6.07) is 1.76. The Hall–Kier alpha value is -0.760. The summed E-state index contributed by atoms with van der Waals surface area (Å²) in [6.45, 7) is 5.89. The zero-order valence-electron chi connectivity index (χ0n) is 11.7. The molecule has 0 spiro atoms. The van der Waals surface area contributed by atoms with Crippen LogP contribution in [0.1, 0.15) is 24.2 Å². The van der Waals surface area contributed by atoms with E-state index in [0.717, 1.165) is 25.9 Å². The number of piperidine rings is 1. The van der Waals surface area contributed by atoms with E-state index in [-0.39, 0.29) is 17.6 Å². The van der Waals surface area contributed by atoms with Crippen LogP contribution in [0.2, 0.25) is 0 Å². The number of nitrogens with zero attached hydrogens (tertiary/aromatic N) is 2. The lowest BCUT2D eigenvalue weighted by Gasteiger charge is -2.22. The Morgan fingerprint density at radius 3 is 2.35 bits per heavy atom. The fourth-order valence-electron chi connectivity index (χ4n) is 2.19. The number of nitrogens with one attached hydrogen (secondary N) is 2. The van der Waals surface area contributed by atoms with Crippen molar-refractivity contribution in [3.05, 3.63) is 17.5 Å². The molecule has 0 radical (unpaired) electrons. The summed E-state index contributed by atoms with van der Waals surface area (Å²) < 4.78 is 26.9. The lowest BCUT2D eigenvalue weighted by molar-refractivity contribution is 0.372. The van der Waals surface area contributed by atoms with Crippen LogP contribution >= 0.6 is 12.4 Å². The van der Waals surface area contributed by atoms with Gasteiger partial charge in [0, 0.05) is 17.9 Å². The van der Waals surface area contributed by atoms with Crippen LogP contribution in [-0.2, 0) is 10.0 Å². The fraction of sp³-hybridized carbons (Fsp3) is 0.667. The molecule has 0 unspecified atom stereocenters. The molecule has 2 N–H and O–H groups in total. The van der Waals surface area contributed by atoms with E-state index in [4.69, 9.17) is 0 Å². The van der Waals surface area contributed by atoms with Gasteiger partial charge in [0.05, 0.1) is 0 Å². The van der Waals surface area contributed by atoms with E-state index < -0.39 is 10.0 Å². The molecule has 0 saturated carbocycles. The first kappa shape index (κ1) is 17.3. The standard InChI is InChI=1S/C12H20N4O2S.ClH/c1-9-7-10(2)16-12(15-9)19(17,18)14-8-11-3-5-13-6-4-11;/h7,11,13-14H,3-6,8H2,1-2H3;1H. The van der Waals surface area contributed by atoms with Crippen molar-refractivity contribution in [1.82, 2.24) is 20.0 Å². The summed E-state index contributed by atoms with van der Waals surface area (Å²) in [5.41, 5.74) is 1.32. The second-order valence-electron chi connectivity index (χ2n) is 4.98. The first-order valence-corrected chi connectivity index (χ1v) is 7.98. The van der Waals surface area contributed by atoms with E-state index in [2.05, 4.69) is 20.0 Å². The summed E-state index contributed by atoms with van der Waals surface area (Å²) in [4.78, 5) is 7.99. The molecule has 114 valence electrons. The first-order chi connectivity index (χ1) is 8.97. The van der Waals surface area contributed by atoms with Crippen LogP contribution in [0.25, 0.3) is 0 Å². The van der Waals surface area contributed by atoms with Crippen LogP contribution in [0.5, 0.6) is 0 Å². The number of aryl methyl sites for hydroxylation is 2. The number of aromatic nitrogens is 2. The van der Waals surface area contributed by atoms with Gasteiger partial charge in [-0.05, 0) is 51.8 Å². The van der Waals surface area contributed by atoms with Crippen molar-refractivity contribution in [3.63, 3.8) is 0 Å². The highest BCUT2D eigenvalue weighted by Crippen LogP contribution is 2.12. The van der Waals surface area contributed by atoms with Crippen molar-refractivity contribution in [2.45, 2.75) is 31.8 Å². The number of halogens is 1. The fourth-order valence-corrected chi connectivity index (χ4v) is 3.30. The summed E-state index contributed by atoms with van der Waals surface area (Å²) in [5.74, 6) is 0.391. The maximum absolute atomic E-state index is 12.1. The Morgan fingerprint density at radius 2 is 1.80 bits per heavy atom. The monoisotopic (exact) mass is 320 g/mol. The molecule has 1 aromatic heterocycles. The van der Waals surface area contributed by atoms with Gasteiger partial charge in [-0.3, -0.25) is 0 Å². The van der Waals surface area contributed by atoms with Gasteiger partial charge in [-0.2, -0.15) is 0 Å². The van der Waals surface area contributed by atoms with Crippen molar-refractivity contribution in [2.24, 2.45) is 5.92 Å². The quantitative estimate of drug-likeness (QED) is 0.801. The summed E-state index contributed by atoms with van der Waals surface area (Å²) in [7, 11) is -3.60. The van der Waals surface area contributed by atoms with Crippen molar-refractivity contribution >= 4 is 22.4 Å². The molecule has 0 atom stereocenters. The zero-order chi connectivity index (χ0) is 13.9. The molecule has 20 heavy (non-hydrogen) atoms. The third-order valence-corrected chi connectivity index (χ3v) is 4.43. The maximum atomic E-state index is 12.1. The number of hydrogen-bond donors (Lipinski definition) is 2. The number of rotatable bonds is 4. The lowest BCUT2D eigenvalue weighted by Crippen LogP contribution is -2.36. The minimum atomic E-state index is -3.60. The van der Waals surface area contributed by atoms with Gasteiger partial charge < -0.3 is 5.32 Å². The molecular formula is C12H21ClN4O2S. The maximum Gasteiger partial charge on any atom is 0.276 e. The molecule has 0 bridgehead atoms. The molecule has 0 amide bonds. The molecule has 1 aromatic rings. The van der Waals surface area contributed by atoms with Crippen LogP contribution in [0.4, 0.5) is 0 Å². The van der Waals surface area contributed by atoms with Gasteiger partial charge in [-0.25, -0.2) is 23.1 Å². The van der Waals surface area contributed by atoms with E-state index in [1.165, 1.54) is 0 Å². The molecule has 1 aliphatic heterocycles. The van der Waals surface area contributed by atoms with Gasteiger partial charge in [0.1, 0.15) is 0 Å². The van der Waals surface area contributed by atoms with E-state index in [0.29, 0.717) is 23.9 Å². The molecule has 1 aliphatic rings. The Balaban J connectivity index is 0.00000200. The Labute approximate surface area is 126 Å². The van der Waals surface area contributed by atoms with Gasteiger partial charge in [-0.15, -0.1) is 12.4 Å². The minimum absolute atomic E-state index is 0. The summed E-state index contributed by atoms with van der Waals surface area (Å²) >= 11 is 0. The van der Waals surface area contributed by atoms with Gasteiger partial charge in [-0.1, -0.05) is 0 Å². The Kier molecular flexibility index (Phi) is 6.32. The van der Waals surface area contributed by atoms with Crippen LogP contribution in [0.3, 0.4) is 0 Å². The Bertz CT molecular complexity index is 524. The second-order valence-corrected chi connectivity index (χ2v) is 6.64. The minimum Gasteiger partial charge on any atom is -0.317 e. The normalized spacial score (nSPS) is 16.7. The van der Waals surface area contributed by atoms with Crippen LogP contribution in [0, 0.1) is 19.8 Å². The highest BCUT2D eigenvalue weighted by Gasteiger charge is 2.21. The smallest absolute Gasteiger partial charge is 0.276 e. The van der Waals surface area contributed by atoms with Gasteiger partial charge >= 0.3 is 0 Å². The third kappa shape index (κ3) is 4.66. The summed E-state index contributed by atoms with van der Waals surface area (Å²) in [6.07, 6.45) is 1.99. The molecule has 6 nitrogen and oxygen atoms in total. The first-order valence-electron chi connectivity index (χ1n) is 6.50. The predicted octanol–water partition coefficient (Wildman–Crippen LogP) is 0.793. The van der Waals surface area contributed by atoms with Gasteiger partial charge in [0.25, 0.3) is 15.2 Å². The lowest BCUT2D eigenvalue weighted by atomic mass is 9.99. The number of sulfonamides is 1.